The lowest BCUT2D eigenvalue weighted by molar-refractivity contribution is 0.628. The molecular weight excluding hydrogens is 363 g/mol. The molecule has 1 heterocycles. The number of halogens is 1. The fraction of sp³-hybridized carbons (Fsp3) is 0.0417. The van der Waals surface area contributed by atoms with Crippen LogP contribution in [0.15, 0.2) is 96.1 Å². The van der Waals surface area contributed by atoms with Gasteiger partial charge in [-0.3, -0.25) is 0 Å². The van der Waals surface area contributed by atoms with Crippen LogP contribution in [0.3, 0.4) is 0 Å². The average Bonchev–Trinajstić information content (AvgIpc) is 2.79. The Morgan fingerprint density at radius 2 is 1.28 bits per heavy atom. The molecule has 0 atom stereocenters. The molecule has 4 aromatic rings. The van der Waals surface area contributed by atoms with Gasteiger partial charge in [0.25, 0.3) is 0 Å². The Hall–Kier alpha value is -3.86. The molecule has 0 aliphatic carbocycles. The summed E-state index contributed by atoms with van der Waals surface area (Å²) in [6, 6.07) is 28.1. The summed E-state index contributed by atoms with van der Waals surface area (Å²) in [5.41, 5.74) is 4.44. The van der Waals surface area contributed by atoms with Crippen LogP contribution in [0.4, 0.5) is 10.3 Å². The van der Waals surface area contributed by atoms with Crippen LogP contribution >= 0.6 is 0 Å². The minimum atomic E-state index is -0.276. The quantitative estimate of drug-likeness (QED) is 0.342. The van der Waals surface area contributed by atoms with Crippen molar-refractivity contribution in [3.8, 4) is 22.5 Å². The van der Waals surface area contributed by atoms with Crippen LogP contribution in [0.25, 0.3) is 22.5 Å². The Morgan fingerprint density at radius 1 is 0.759 bits per heavy atom. The molecule has 0 unspecified atom stereocenters. The van der Waals surface area contributed by atoms with E-state index in [0.717, 1.165) is 28.1 Å². The number of anilines is 1. The number of rotatable bonds is 5. The van der Waals surface area contributed by atoms with Crippen molar-refractivity contribution in [2.75, 3.05) is 12.1 Å². The molecule has 3 aromatic carbocycles. The maximum atomic E-state index is 13.1. The van der Waals surface area contributed by atoms with Crippen LogP contribution in [0, 0.1) is 5.82 Å². The maximum absolute atomic E-state index is 13.1. The zero-order valence-corrected chi connectivity index (χ0v) is 15.9. The molecule has 0 amide bonds. The number of nitrogens with zero attached hydrogens (tertiary/aromatic N) is 4. The third kappa shape index (κ3) is 4.52. The molecule has 5 heteroatoms. The van der Waals surface area contributed by atoms with E-state index >= 15 is 0 Å². The van der Waals surface area contributed by atoms with Gasteiger partial charge in [0, 0.05) is 18.2 Å². The van der Waals surface area contributed by atoms with E-state index in [9.17, 15) is 4.39 Å². The molecule has 1 aromatic heterocycles. The van der Waals surface area contributed by atoms with Gasteiger partial charge in [0.1, 0.15) is 5.82 Å². The zero-order chi connectivity index (χ0) is 20.1. The first-order valence-electron chi connectivity index (χ1n) is 9.22. The minimum Gasteiger partial charge on any atom is -0.235 e. The fourth-order valence-corrected chi connectivity index (χ4v) is 2.85. The van der Waals surface area contributed by atoms with E-state index in [1.54, 1.807) is 30.4 Å². The van der Waals surface area contributed by atoms with E-state index in [1.807, 2.05) is 66.7 Å². The molecular formula is C24H19FN4. The van der Waals surface area contributed by atoms with E-state index in [4.69, 9.17) is 9.97 Å². The highest BCUT2D eigenvalue weighted by Crippen LogP contribution is 2.26. The van der Waals surface area contributed by atoms with Gasteiger partial charge in [0.05, 0.1) is 17.6 Å². The second-order valence-corrected chi connectivity index (χ2v) is 6.49. The molecule has 0 fully saturated rings. The molecule has 0 radical (unpaired) electrons. The lowest BCUT2D eigenvalue weighted by Crippen LogP contribution is -2.13. The first kappa shape index (κ1) is 18.5. The van der Waals surface area contributed by atoms with Gasteiger partial charge in [0.15, 0.2) is 0 Å². The van der Waals surface area contributed by atoms with Crippen LogP contribution < -0.4 is 5.01 Å². The summed E-state index contributed by atoms with van der Waals surface area (Å²) in [5, 5.41) is 6.04. The summed E-state index contributed by atoms with van der Waals surface area (Å²) < 4.78 is 13.1. The molecule has 0 spiro atoms. The van der Waals surface area contributed by atoms with E-state index in [1.165, 1.54) is 12.1 Å². The number of aromatic nitrogens is 2. The van der Waals surface area contributed by atoms with Gasteiger partial charge in [-0.2, -0.15) is 5.10 Å². The molecule has 4 rings (SSSR count). The molecule has 0 N–H and O–H groups in total. The Labute approximate surface area is 169 Å². The second-order valence-electron chi connectivity index (χ2n) is 6.49. The van der Waals surface area contributed by atoms with E-state index in [2.05, 4.69) is 5.10 Å². The largest absolute Gasteiger partial charge is 0.247 e. The topological polar surface area (TPSA) is 41.4 Å². The van der Waals surface area contributed by atoms with Crippen molar-refractivity contribution in [3.63, 3.8) is 0 Å². The summed E-state index contributed by atoms with van der Waals surface area (Å²) in [6.07, 6.45) is 1.65. The molecule has 0 bridgehead atoms. The van der Waals surface area contributed by atoms with Crippen LogP contribution in [0.5, 0.6) is 0 Å². The van der Waals surface area contributed by atoms with Gasteiger partial charge in [-0.1, -0.05) is 72.8 Å². The Morgan fingerprint density at radius 3 is 1.79 bits per heavy atom. The first-order chi connectivity index (χ1) is 14.2. The molecule has 0 aliphatic rings. The van der Waals surface area contributed by atoms with Gasteiger partial charge < -0.3 is 0 Å². The number of benzene rings is 3. The highest BCUT2D eigenvalue weighted by molar-refractivity contribution is 5.80. The normalized spacial score (nSPS) is 11.0. The van der Waals surface area contributed by atoms with Crippen LogP contribution in [-0.4, -0.2) is 23.2 Å². The molecule has 142 valence electrons. The number of hydrogen-bond acceptors (Lipinski definition) is 4. The standard InChI is InChI=1S/C24H19FN4/c1-29(26-17-18-12-14-21(25)15-13-18)24-27-22(19-8-4-2-5-9-19)16-23(28-24)20-10-6-3-7-11-20/h2-17H,1H3. The second kappa shape index (κ2) is 8.44. The van der Waals surface area contributed by atoms with Crippen LogP contribution in [-0.2, 0) is 0 Å². The van der Waals surface area contributed by atoms with E-state index in [0.29, 0.717) is 5.95 Å². The van der Waals surface area contributed by atoms with Gasteiger partial charge >= 0.3 is 0 Å². The van der Waals surface area contributed by atoms with Gasteiger partial charge in [-0.05, 0) is 23.8 Å². The predicted molar refractivity (Wildman–Crippen MR) is 115 cm³/mol. The van der Waals surface area contributed by atoms with Crippen molar-refractivity contribution in [1.29, 1.82) is 0 Å². The monoisotopic (exact) mass is 382 g/mol. The summed E-state index contributed by atoms with van der Waals surface area (Å²) in [6.45, 7) is 0. The highest BCUT2D eigenvalue weighted by atomic mass is 19.1. The summed E-state index contributed by atoms with van der Waals surface area (Å²) in [7, 11) is 1.79. The first-order valence-corrected chi connectivity index (χ1v) is 9.22. The average molecular weight is 382 g/mol. The Kier molecular flexibility index (Phi) is 5.38. The Balaban J connectivity index is 1.72. The molecule has 0 saturated carbocycles. The summed E-state index contributed by atoms with van der Waals surface area (Å²) in [5.74, 6) is 0.200. The smallest absolute Gasteiger partial charge is 0.235 e. The van der Waals surface area contributed by atoms with Crippen LogP contribution in [0.2, 0.25) is 0 Å². The van der Waals surface area contributed by atoms with Crippen molar-refractivity contribution < 1.29 is 4.39 Å². The van der Waals surface area contributed by atoms with Crippen molar-refractivity contribution in [3.05, 3.63) is 102 Å². The van der Waals surface area contributed by atoms with Crippen molar-refractivity contribution in [2.24, 2.45) is 5.10 Å². The lowest BCUT2D eigenvalue weighted by Gasteiger charge is -2.14. The van der Waals surface area contributed by atoms with Crippen molar-refractivity contribution in [2.45, 2.75) is 0 Å². The predicted octanol–water partition coefficient (Wildman–Crippen LogP) is 5.42. The van der Waals surface area contributed by atoms with Gasteiger partial charge in [-0.15, -0.1) is 0 Å². The molecule has 29 heavy (non-hydrogen) atoms. The number of hydrazone groups is 1. The lowest BCUT2D eigenvalue weighted by atomic mass is 10.1. The van der Waals surface area contributed by atoms with E-state index < -0.39 is 0 Å². The molecule has 0 saturated heterocycles. The molecule has 0 aliphatic heterocycles. The Bertz CT molecular complexity index is 1050. The minimum absolute atomic E-state index is 0.276. The van der Waals surface area contributed by atoms with Crippen molar-refractivity contribution >= 4 is 12.2 Å². The third-order valence-corrected chi connectivity index (χ3v) is 4.39. The third-order valence-electron chi connectivity index (χ3n) is 4.39. The van der Waals surface area contributed by atoms with E-state index in [-0.39, 0.29) is 5.82 Å². The highest BCUT2D eigenvalue weighted by Gasteiger charge is 2.11. The fourth-order valence-electron chi connectivity index (χ4n) is 2.85. The van der Waals surface area contributed by atoms with Gasteiger partial charge in [-0.25, -0.2) is 19.4 Å². The maximum Gasteiger partial charge on any atom is 0.247 e. The summed E-state index contributed by atoms with van der Waals surface area (Å²) >= 11 is 0. The zero-order valence-electron chi connectivity index (χ0n) is 15.9. The molecule has 4 nitrogen and oxygen atoms in total. The SMILES string of the molecule is CN(N=Cc1ccc(F)cc1)c1nc(-c2ccccc2)cc(-c2ccccc2)n1. The van der Waals surface area contributed by atoms with Gasteiger partial charge in [0.2, 0.25) is 5.95 Å². The van der Waals surface area contributed by atoms with Crippen LogP contribution in [0.1, 0.15) is 5.56 Å². The van der Waals surface area contributed by atoms with Crippen molar-refractivity contribution in [1.82, 2.24) is 9.97 Å². The summed E-state index contributed by atoms with van der Waals surface area (Å²) in [4.78, 5) is 9.39. The number of hydrogen-bond donors (Lipinski definition) is 0.